The Morgan fingerprint density at radius 3 is 2.27 bits per heavy atom. The van der Waals surface area contributed by atoms with Gasteiger partial charge in [-0.05, 0) is 29.7 Å². The SMILES string of the molecule is Cl.N[C@H](Cc1ccc(OCc2ccccc2)cc1)C(=O)CCl. The lowest BCUT2D eigenvalue weighted by Gasteiger charge is -2.10. The van der Waals surface area contributed by atoms with Gasteiger partial charge in [0.15, 0.2) is 5.78 Å². The Bertz CT molecular complexity index is 573. The topological polar surface area (TPSA) is 52.3 Å². The second-order valence-electron chi connectivity index (χ2n) is 4.83. The summed E-state index contributed by atoms with van der Waals surface area (Å²) in [5, 5.41) is 0. The molecule has 22 heavy (non-hydrogen) atoms. The molecule has 0 aliphatic carbocycles. The van der Waals surface area contributed by atoms with Crippen molar-refractivity contribution >= 4 is 29.8 Å². The summed E-state index contributed by atoms with van der Waals surface area (Å²) >= 11 is 5.49. The number of nitrogens with two attached hydrogens (primary N) is 1. The minimum absolute atomic E-state index is 0. The normalized spacial score (nSPS) is 11.4. The van der Waals surface area contributed by atoms with Crippen LogP contribution in [0.3, 0.4) is 0 Å². The summed E-state index contributed by atoms with van der Waals surface area (Å²) in [6.45, 7) is 0.532. The summed E-state index contributed by atoms with van der Waals surface area (Å²) in [4.78, 5) is 11.4. The Hall–Kier alpha value is -1.55. The Kier molecular flexibility index (Phi) is 7.96. The number of ketones is 1. The lowest BCUT2D eigenvalue weighted by Crippen LogP contribution is -2.33. The van der Waals surface area contributed by atoms with E-state index in [0.717, 1.165) is 16.9 Å². The van der Waals surface area contributed by atoms with Crippen LogP contribution in [0.2, 0.25) is 0 Å². The van der Waals surface area contributed by atoms with E-state index in [0.29, 0.717) is 13.0 Å². The number of ether oxygens (including phenoxy) is 1. The fourth-order valence-electron chi connectivity index (χ4n) is 1.93. The summed E-state index contributed by atoms with van der Waals surface area (Å²) in [7, 11) is 0. The standard InChI is InChI=1S/C17H18ClNO2.ClH/c18-11-17(20)16(19)10-13-6-8-15(9-7-13)21-12-14-4-2-1-3-5-14;/h1-9,16H,10-12,19H2;1H/t16-;/m1./s1. The molecule has 0 saturated heterocycles. The molecule has 0 aromatic heterocycles. The molecule has 0 fully saturated rings. The molecule has 2 aromatic rings. The van der Waals surface area contributed by atoms with Gasteiger partial charge in [-0.15, -0.1) is 24.0 Å². The maximum Gasteiger partial charge on any atom is 0.164 e. The largest absolute Gasteiger partial charge is 0.489 e. The third-order valence-corrected chi connectivity index (χ3v) is 3.44. The van der Waals surface area contributed by atoms with Crippen LogP contribution in [0, 0.1) is 0 Å². The molecule has 0 radical (unpaired) electrons. The highest BCUT2D eigenvalue weighted by Gasteiger charge is 2.12. The number of benzene rings is 2. The van der Waals surface area contributed by atoms with Gasteiger partial charge in [-0.25, -0.2) is 0 Å². The number of carbonyl (C=O) groups is 1. The third-order valence-electron chi connectivity index (χ3n) is 3.17. The molecule has 0 saturated carbocycles. The van der Waals surface area contributed by atoms with Gasteiger partial charge in [-0.1, -0.05) is 42.5 Å². The summed E-state index contributed by atoms with van der Waals surface area (Å²) < 4.78 is 5.70. The van der Waals surface area contributed by atoms with E-state index in [-0.39, 0.29) is 24.1 Å². The van der Waals surface area contributed by atoms with Gasteiger partial charge in [0.1, 0.15) is 12.4 Å². The monoisotopic (exact) mass is 339 g/mol. The third kappa shape index (κ3) is 5.68. The van der Waals surface area contributed by atoms with E-state index in [9.17, 15) is 4.79 Å². The second kappa shape index (κ2) is 9.46. The van der Waals surface area contributed by atoms with E-state index >= 15 is 0 Å². The van der Waals surface area contributed by atoms with E-state index in [1.807, 2.05) is 54.6 Å². The van der Waals surface area contributed by atoms with Crippen molar-refractivity contribution in [2.75, 3.05) is 5.88 Å². The van der Waals surface area contributed by atoms with E-state index in [4.69, 9.17) is 22.1 Å². The van der Waals surface area contributed by atoms with Gasteiger partial charge >= 0.3 is 0 Å². The number of hydrogen-bond donors (Lipinski definition) is 1. The molecule has 0 spiro atoms. The smallest absolute Gasteiger partial charge is 0.164 e. The van der Waals surface area contributed by atoms with Crippen LogP contribution in [0.1, 0.15) is 11.1 Å². The van der Waals surface area contributed by atoms with Crippen molar-refractivity contribution in [2.45, 2.75) is 19.1 Å². The number of carbonyl (C=O) groups excluding carboxylic acids is 1. The van der Waals surface area contributed by atoms with Crippen LogP contribution in [0.4, 0.5) is 0 Å². The molecule has 2 rings (SSSR count). The number of Topliss-reactive ketones (excluding diaryl/α,β-unsaturated/α-hetero) is 1. The Balaban J connectivity index is 0.00000242. The summed E-state index contributed by atoms with van der Waals surface area (Å²) in [6.07, 6.45) is 0.491. The van der Waals surface area contributed by atoms with Crippen LogP contribution in [0.25, 0.3) is 0 Å². The fraction of sp³-hybridized carbons (Fsp3) is 0.235. The van der Waals surface area contributed by atoms with Gasteiger partial charge in [0, 0.05) is 0 Å². The van der Waals surface area contributed by atoms with Crippen molar-refractivity contribution in [1.82, 2.24) is 0 Å². The van der Waals surface area contributed by atoms with Crippen molar-refractivity contribution in [1.29, 1.82) is 0 Å². The number of rotatable bonds is 7. The molecule has 5 heteroatoms. The first kappa shape index (κ1) is 18.5. The van der Waals surface area contributed by atoms with Crippen LogP contribution in [0.5, 0.6) is 5.75 Å². The van der Waals surface area contributed by atoms with Crippen LogP contribution >= 0.6 is 24.0 Å². The number of alkyl halides is 1. The zero-order valence-electron chi connectivity index (χ0n) is 12.1. The van der Waals surface area contributed by atoms with Crippen molar-refractivity contribution in [2.24, 2.45) is 5.73 Å². The molecule has 0 heterocycles. The molecule has 3 nitrogen and oxygen atoms in total. The predicted octanol–water partition coefficient (Wildman–Crippen LogP) is 3.37. The van der Waals surface area contributed by atoms with E-state index < -0.39 is 6.04 Å². The first-order chi connectivity index (χ1) is 10.2. The molecule has 0 unspecified atom stereocenters. The molecule has 118 valence electrons. The zero-order valence-corrected chi connectivity index (χ0v) is 13.6. The first-order valence-electron chi connectivity index (χ1n) is 6.79. The second-order valence-corrected chi connectivity index (χ2v) is 5.10. The lowest BCUT2D eigenvalue weighted by atomic mass is 10.0. The van der Waals surface area contributed by atoms with Crippen molar-refractivity contribution in [3.63, 3.8) is 0 Å². The van der Waals surface area contributed by atoms with Crippen LogP contribution in [0.15, 0.2) is 54.6 Å². The lowest BCUT2D eigenvalue weighted by molar-refractivity contribution is -0.117. The highest BCUT2D eigenvalue weighted by Crippen LogP contribution is 2.15. The van der Waals surface area contributed by atoms with E-state index in [1.54, 1.807) is 0 Å². The molecule has 2 N–H and O–H groups in total. The van der Waals surface area contributed by atoms with E-state index in [1.165, 1.54) is 0 Å². The number of hydrogen-bond acceptors (Lipinski definition) is 3. The predicted molar refractivity (Wildman–Crippen MR) is 91.9 cm³/mol. The quantitative estimate of drug-likeness (QED) is 0.787. The molecule has 0 aliphatic rings. The van der Waals surface area contributed by atoms with Crippen molar-refractivity contribution in [3.05, 3.63) is 65.7 Å². The maximum absolute atomic E-state index is 11.4. The number of halogens is 2. The minimum atomic E-state index is -0.543. The molecule has 2 aromatic carbocycles. The van der Waals surface area contributed by atoms with Gasteiger partial charge in [0.25, 0.3) is 0 Å². The molecule has 1 atom stereocenters. The van der Waals surface area contributed by atoms with Gasteiger partial charge in [-0.3, -0.25) is 4.79 Å². The van der Waals surface area contributed by atoms with Gasteiger partial charge in [0.05, 0.1) is 11.9 Å². The van der Waals surface area contributed by atoms with Crippen molar-refractivity contribution in [3.8, 4) is 5.75 Å². The Morgan fingerprint density at radius 2 is 1.68 bits per heavy atom. The van der Waals surface area contributed by atoms with Gasteiger partial charge in [0.2, 0.25) is 0 Å². The highest BCUT2D eigenvalue weighted by molar-refractivity contribution is 6.28. The summed E-state index contributed by atoms with van der Waals surface area (Å²) in [5.41, 5.74) is 7.88. The molecular formula is C17H19Cl2NO2. The fourth-order valence-corrected chi connectivity index (χ4v) is 2.13. The summed E-state index contributed by atoms with van der Waals surface area (Å²) in [6, 6.07) is 17.0. The van der Waals surface area contributed by atoms with E-state index in [2.05, 4.69) is 0 Å². The van der Waals surface area contributed by atoms with Crippen LogP contribution in [-0.2, 0) is 17.8 Å². The van der Waals surface area contributed by atoms with Gasteiger partial charge < -0.3 is 10.5 Å². The average molecular weight is 340 g/mol. The minimum Gasteiger partial charge on any atom is -0.489 e. The Labute approximate surface area is 141 Å². The van der Waals surface area contributed by atoms with Gasteiger partial charge in [-0.2, -0.15) is 0 Å². The van der Waals surface area contributed by atoms with Crippen LogP contribution in [-0.4, -0.2) is 17.7 Å². The Morgan fingerprint density at radius 1 is 1.05 bits per heavy atom. The summed E-state index contributed by atoms with van der Waals surface area (Å²) in [5.74, 6) is 0.611. The zero-order chi connectivity index (χ0) is 15.1. The molecule has 0 aliphatic heterocycles. The molecular weight excluding hydrogens is 321 g/mol. The maximum atomic E-state index is 11.4. The molecule has 0 bridgehead atoms. The van der Waals surface area contributed by atoms with Crippen LogP contribution < -0.4 is 10.5 Å². The average Bonchev–Trinajstić information content (AvgIpc) is 2.54. The highest BCUT2D eigenvalue weighted by atomic mass is 35.5. The first-order valence-corrected chi connectivity index (χ1v) is 7.32. The van der Waals surface area contributed by atoms with Crippen molar-refractivity contribution < 1.29 is 9.53 Å². The molecule has 0 amide bonds.